The molecule has 1 aromatic heterocycles. The van der Waals surface area contributed by atoms with Gasteiger partial charge in [-0.3, -0.25) is 4.68 Å². The number of ether oxygens (including phenoxy) is 1. The largest absolute Gasteiger partial charge is 0.496 e. The van der Waals surface area contributed by atoms with Gasteiger partial charge in [-0.25, -0.2) is 0 Å². The van der Waals surface area contributed by atoms with E-state index in [9.17, 15) is 0 Å². The van der Waals surface area contributed by atoms with Crippen LogP contribution in [-0.2, 0) is 6.54 Å². The van der Waals surface area contributed by atoms with Crippen LogP contribution in [0.1, 0.15) is 5.56 Å². The van der Waals surface area contributed by atoms with Crippen molar-refractivity contribution in [3.8, 4) is 5.75 Å². The van der Waals surface area contributed by atoms with E-state index in [-0.39, 0.29) is 0 Å². The monoisotopic (exact) mass is 281 g/mol. The van der Waals surface area contributed by atoms with Crippen molar-refractivity contribution < 1.29 is 4.74 Å². The van der Waals surface area contributed by atoms with Crippen molar-refractivity contribution in [1.29, 1.82) is 0 Å². The molecule has 0 amide bonds. The molecule has 5 heteroatoms. The van der Waals surface area contributed by atoms with Crippen molar-refractivity contribution in [1.82, 2.24) is 9.78 Å². The topological polar surface area (TPSA) is 53.1 Å². The van der Waals surface area contributed by atoms with E-state index in [2.05, 4.69) is 21.0 Å². The number of nitrogen functional groups attached to an aromatic ring is 1. The molecule has 0 spiro atoms. The van der Waals surface area contributed by atoms with E-state index in [0.29, 0.717) is 12.4 Å². The number of nitrogens with two attached hydrogens (primary N) is 1. The zero-order valence-corrected chi connectivity index (χ0v) is 10.4. The summed E-state index contributed by atoms with van der Waals surface area (Å²) in [4.78, 5) is 0. The Kier molecular flexibility index (Phi) is 3.14. The Morgan fingerprint density at radius 1 is 1.44 bits per heavy atom. The molecule has 0 atom stereocenters. The smallest absolute Gasteiger partial charge is 0.145 e. The van der Waals surface area contributed by atoms with Gasteiger partial charge in [-0.05, 0) is 24.3 Å². The lowest BCUT2D eigenvalue weighted by atomic mass is 10.2. The van der Waals surface area contributed by atoms with Gasteiger partial charge in [0, 0.05) is 16.2 Å². The number of hydrogen-bond donors (Lipinski definition) is 1. The molecule has 0 unspecified atom stereocenters. The Morgan fingerprint density at radius 2 is 2.25 bits per heavy atom. The Labute approximate surface area is 102 Å². The molecule has 0 aliphatic carbocycles. The van der Waals surface area contributed by atoms with Gasteiger partial charge in [0.1, 0.15) is 11.6 Å². The van der Waals surface area contributed by atoms with E-state index >= 15 is 0 Å². The first-order valence-electron chi connectivity index (χ1n) is 4.80. The highest BCUT2D eigenvalue weighted by Gasteiger charge is 2.05. The summed E-state index contributed by atoms with van der Waals surface area (Å²) in [6.45, 7) is 0.639. The quantitative estimate of drug-likeness (QED) is 0.939. The summed E-state index contributed by atoms with van der Waals surface area (Å²) in [7, 11) is 1.66. The zero-order chi connectivity index (χ0) is 11.5. The lowest BCUT2D eigenvalue weighted by Crippen LogP contribution is -2.03. The minimum atomic E-state index is 0.522. The third-order valence-electron chi connectivity index (χ3n) is 2.24. The van der Waals surface area contributed by atoms with Crippen LogP contribution >= 0.6 is 15.9 Å². The molecular weight excluding hydrogens is 270 g/mol. The minimum Gasteiger partial charge on any atom is -0.496 e. The van der Waals surface area contributed by atoms with Gasteiger partial charge in [0.25, 0.3) is 0 Å². The van der Waals surface area contributed by atoms with E-state index in [0.717, 1.165) is 15.8 Å². The maximum Gasteiger partial charge on any atom is 0.145 e. The number of benzene rings is 1. The summed E-state index contributed by atoms with van der Waals surface area (Å²) in [6, 6.07) is 7.65. The standard InChI is InChI=1S/C11H12BrN3O/c1-16-10-3-2-9(12)6-8(10)7-15-5-4-11(13)14-15/h2-6H,7H2,1H3,(H2,13,14). The zero-order valence-electron chi connectivity index (χ0n) is 8.85. The summed E-state index contributed by atoms with van der Waals surface area (Å²) in [5.41, 5.74) is 6.62. The number of nitrogens with zero attached hydrogens (tertiary/aromatic N) is 2. The molecule has 0 radical (unpaired) electrons. The molecule has 2 N–H and O–H groups in total. The number of hydrogen-bond acceptors (Lipinski definition) is 3. The van der Waals surface area contributed by atoms with E-state index < -0.39 is 0 Å². The summed E-state index contributed by atoms with van der Waals surface area (Å²) < 4.78 is 8.08. The van der Waals surface area contributed by atoms with Crippen LogP contribution in [0.3, 0.4) is 0 Å². The van der Waals surface area contributed by atoms with Gasteiger partial charge in [-0.2, -0.15) is 5.10 Å². The Hall–Kier alpha value is -1.49. The summed E-state index contributed by atoms with van der Waals surface area (Å²) >= 11 is 3.43. The van der Waals surface area contributed by atoms with E-state index in [1.54, 1.807) is 17.9 Å². The fourth-order valence-corrected chi connectivity index (χ4v) is 1.92. The lowest BCUT2D eigenvalue weighted by Gasteiger charge is -2.08. The summed E-state index contributed by atoms with van der Waals surface area (Å²) in [5, 5.41) is 4.13. The van der Waals surface area contributed by atoms with E-state index in [1.165, 1.54) is 0 Å². The molecule has 0 saturated heterocycles. The number of aromatic nitrogens is 2. The van der Waals surface area contributed by atoms with Gasteiger partial charge in [-0.1, -0.05) is 15.9 Å². The number of rotatable bonds is 3. The maximum atomic E-state index is 5.56. The molecular formula is C11H12BrN3O. The van der Waals surface area contributed by atoms with E-state index in [4.69, 9.17) is 10.5 Å². The third-order valence-corrected chi connectivity index (χ3v) is 2.73. The van der Waals surface area contributed by atoms with Gasteiger partial charge in [0.05, 0.1) is 13.7 Å². The number of methoxy groups -OCH3 is 1. The first-order chi connectivity index (χ1) is 7.69. The molecule has 2 rings (SSSR count). The summed E-state index contributed by atoms with van der Waals surface area (Å²) in [5.74, 6) is 1.37. The van der Waals surface area contributed by atoms with Crippen LogP contribution in [0.5, 0.6) is 5.75 Å². The second-order valence-electron chi connectivity index (χ2n) is 3.39. The first-order valence-corrected chi connectivity index (χ1v) is 5.59. The average Bonchev–Trinajstić information content (AvgIpc) is 2.64. The van der Waals surface area contributed by atoms with Crippen molar-refractivity contribution in [2.75, 3.05) is 12.8 Å². The van der Waals surface area contributed by atoms with Gasteiger partial charge >= 0.3 is 0 Å². The van der Waals surface area contributed by atoms with Crippen molar-refractivity contribution in [2.24, 2.45) is 0 Å². The normalized spacial score (nSPS) is 10.4. The average molecular weight is 282 g/mol. The van der Waals surface area contributed by atoms with Crippen LogP contribution in [0.2, 0.25) is 0 Å². The van der Waals surface area contributed by atoms with Gasteiger partial charge in [0.15, 0.2) is 0 Å². The molecule has 0 aliphatic heterocycles. The highest BCUT2D eigenvalue weighted by Crippen LogP contribution is 2.23. The Morgan fingerprint density at radius 3 is 2.88 bits per heavy atom. The number of halogens is 1. The molecule has 16 heavy (non-hydrogen) atoms. The Bertz CT molecular complexity index is 496. The highest BCUT2D eigenvalue weighted by atomic mass is 79.9. The molecule has 4 nitrogen and oxygen atoms in total. The molecule has 0 aliphatic rings. The predicted molar refractivity (Wildman–Crippen MR) is 66.4 cm³/mol. The molecule has 2 aromatic rings. The van der Waals surface area contributed by atoms with Crippen LogP contribution in [0, 0.1) is 0 Å². The highest BCUT2D eigenvalue weighted by molar-refractivity contribution is 9.10. The molecule has 84 valence electrons. The van der Waals surface area contributed by atoms with Crippen LogP contribution in [0.25, 0.3) is 0 Å². The van der Waals surface area contributed by atoms with Crippen LogP contribution in [-0.4, -0.2) is 16.9 Å². The van der Waals surface area contributed by atoms with Crippen LogP contribution < -0.4 is 10.5 Å². The molecule has 0 fully saturated rings. The molecule has 0 bridgehead atoms. The van der Waals surface area contributed by atoms with Gasteiger partial charge < -0.3 is 10.5 Å². The maximum absolute atomic E-state index is 5.56. The van der Waals surface area contributed by atoms with Gasteiger partial charge in [0.2, 0.25) is 0 Å². The molecule has 1 aromatic carbocycles. The van der Waals surface area contributed by atoms with Crippen molar-refractivity contribution >= 4 is 21.7 Å². The lowest BCUT2D eigenvalue weighted by molar-refractivity contribution is 0.407. The second kappa shape index (κ2) is 4.57. The van der Waals surface area contributed by atoms with Crippen LogP contribution in [0.4, 0.5) is 5.82 Å². The predicted octanol–water partition coefficient (Wildman–Crippen LogP) is 2.28. The fraction of sp³-hybridized carbons (Fsp3) is 0.182. The fourth-order valence-electron chi connectivity index (χ4n) is 1.51. The van der Waals surface area contributed by atoms with Crippen molar-refractivity contribution in [3.63, 3.8) is 0 Å². The van der Waals surface area contributed by atoms with Crippen molar-refractivity contribution in [3.05, 3.63) is 40.5 Å². The van der Waals surface area contributed by atoms with E-state index in [1.807, 2.05) is 24.4 Å². The van der Waals surface area contributed by atoms with Crippen molar-refractivity contribution in [2.45, 2.75) is 6.54 Å². The number of anilines is 1. The summed E-state index contributed by atoms with van der Waals surface area (Å²) in [6.07, 6.45) is 1.84. The van der Waals surface area contributed by atoms with Crippen LogP contribution in [0.15, 0.2) is 34.9 Å². The Balaban J connectivity index is 2.29. The second-order valence-corrected chi connectivity index (χ2v) is 4.31. The SMILES string of the molecule is COc1ccc(Br)cc1Cn1ccc(N)n1. The first kappa shape index (κ1) is 11.0. The molecule has 0 saturated carbocycles. The minimum absolute atomic E-state index is 0.522. The van der Waals surface area contributed by atoms with Gasteiger partial charge in [-0.15, -0.1) is 0 Å². The third kappa shape index (κ3) is 2.36. The molecule has 1 heterocycles.